The molecule has 2 aromatic rings. The number of aryl methyl sites for hydroxylation is 1. The molecule has 2 aromatic carbocycles. The van der Waals surface area contributed by atoms with Crippen molar-refractivity contribution in [1.82, 2.24) is 5.32 Å². The molecule has 0 bridgehead atoms. The second-order valence-corrected chi connectivity index (χ2v) is 6.43. The highest BCUT2D eigenvalue weighted by Crippen LogP contribution is 2.21. The van der Waals surface area contributed by atoms with Crippen LogP contribution in [-0.2, 0) is 6.42 Å². The maximum absolute atomic E-state index is 9.00. The van der Waals surface area contributed by atoms with Crippen LogP contribution < -0.4 is 5.32 Å². The minimum atomic E-state index is 0.713. The van der Waals surface area contributed by atoms with Crippen molar-refractivity contribution in [2.75, 3.05) is 6.54 Å². The van der Waals surface area contributed by atoms with Gasteiger partial charge in [0.15, 0.2) is 0 Å². The van der Waals surface area contributed by atoms with Crippen LogP contribution in [0.5, 0.6) is 0 Å². The van der Waals surface area contributed by atoms with Crippen molar-refractivity contribution < 1.29 is 0 Å². The Morgan fingerprint density at radius 3 is 2.52 bits per heavy atom. The first kappa shape index (κ1) is 15.8. The normalized spacial score (nSPS) is 14.7. The summed E-state index contributed by atoms with van der Waals surface area (Å²) in [6, 6.07) is 19.5. The molecule has 1 saturated carbocycles. The van der Waals surface area contributed by atoms with Crippen LogP contribution in [-0.4, -0.2) is 12.6 Å². The van der Waals surface area contributed by atoms with Crippen molar-refractivity contribution >= 4 is 0 Å². The maximum Gasteiger partial charge on any atom is 0.0991 e. The first-order valence-corrected chi connectivity index (χ1v) is 8.68. The highest BCUT2D eigenvalue weighted by Gasteiger charge is 2.13. The van der Waals surface area contributed by atoms with Crippen LogP contribution >= 0.6 is 0 Å². The van der Waals surface area contributed by atoms with Crippen molar-refractivity contribution in [3.63, 3.8) is 0 Å². The molecule has 0 aromatic heterocycles. The first-order chi connectivity index (χ1) is 11.3. The van der Waals surface area contributed by atoms with Crippen LogP contribution in [0.25, 0.3) is 11.1 Å². The second kappa shape index (κ2) is 7.94. The van der Waals surface area contributed by atoms with Gasteiger partial charge in [0.1, 0.15) is 0 Å². The van der Waals surface area contributed by atoms with Crippen LogP contribution in [0.1, 0.15) is 43.2 Å². The van der Waals surface area contributed by atoms with E-state index in [9.17, 15) is 0 Å². The third-order valence-corrected chi connectivity index (χ3v) is 4.71. The molecule has 1 N–H and O–H groups in total. The second-order valence-electron chi connectivity index (χ2n) is 6.43. The lowest BCUT2D eigenvalue weighted by Crippen LogP contribution is -2.27. The number of nitrogens with zero attached hydrogens (tertiary/aromatic N) is 1. The molecule has 0 amide bonds. The summed E-state index contributed by atoms with van der Waals surface area (Å²) in [4.78, 5) is 0. The molecule has 3 rings (SSSR count). The zero-order valence-corrected chi connectivity index (χ0v) is 13.6. The molecule has 0 radical (unpaired) electrons. The summed E-state index contributed by atoms with van der Waals surface area (Å²) in [5.41, 5.74) is 4.39. The Morgan fingerprint density at radius 1 is 1.00 bits per heavy atom. The van der Waals surface area contributed by atoms with Crippen LogP contribution in [0, 0.1) is 11.3 Å². The summed E-state index contributed by atoms with van der Waals surface area (Å²) in [5, 5.41) is 12.7. The Hall–Kier alpha value is -2.11. The van der Waals surface area contributed by atoms with Gasteiger partial charge in [-0.1, -0.05) is 49.2 Å². The zero-order chi connectivity index (χ0) is 15.9. The van der Waals surface area contributed by atoms with Crippen molar-refractivity contribution in [1.29, 1.82) is 5.26 Å². The lowest BCUT2D eigenvalue weighted by atomic mass is 10.0. The molecule has 0 atom stereocenters. The van der Waals surface area contributed by atoms with Gasteiger partial charge in [-0.3, -0.25) is 0 Å². The fourth-order valence-corrected chi connectivity index (χ4v) is 3.36. The third-order valence-electron chi connectivity index (χ3n) is 4.71. The van der Waals surface area contributed by atoms with Gasteiger partial charge >= 0.3 is 0 Å². The number of benzene rings is 2. The lowest BCUT2D eigenvalue weighted by Gasteiger charge is -2.11. The van der Waals surface area contributed by atoms with E-state index in [1.54, 1.807) is 0 Å². The highest BCUT2D eigenvalue weighted by atomic mass is 14.9. The minimum absolute atomic E-state index is 0.713. The van der Waals surface area contributed by atoms with Gasteiger partial charge in [0.25, 0.3) is 0 Å². The Balaban J connectivity index is 1.51. The number of hydrogen-bond donors (Lipinski definition) is 1. The standard InChI is InChI=1S/C21H24N2/c22-16-18-5-3-7-20(15-18)19-12-10-17(11-13-19)6-4-14-23-21-8-1-2-9-21/h3,5,7,10-13,15,21,23H,1-2,4,6,8-9,14H2. The van der Waals surface area contributed by atoms with Gasteiger partial charge < -0.3 is 5.32 Å². The van der Waals surface area contributed by atoms with Crippen LogP contribution in [0.4, 0.5) is 0 Å². The molecule has 1 aliphatic rings. The van der Waals surface area contributed by atoms with E-state index in [0.717, 1.165) is 24.6 Å². The van der Waals surface area contributed by atoms with E-state index < -0.39 is 0 Å². The Morgan fingerprint density at radius 2 is 1.78 bits per heavy atom. The number of nitrogens with one attached hydrogen (secondary N) is 1. The van der Waals surface area contributed by atoms with E-state index in [4.69, 9.17) is 5.26 Å². The lowest BCUT2D eigenvalue weighted by molar-refractivity contribution is 0.515. The highest BCUT2D eigenvalue weighted by molar-refractivity contribution is 5.65. The van der Waals surface area contributed by atoms with Gasteiger partial charge in [-0.05, 0) is 61.1 Å². The first-order valence-electron chi connectivity index (χ1n) is 8.68. The Bertz CT molecular complexity index is 661. The van der Waals surface area contributed by atoms with Crippen LogP contribution in [0.15, 0.2) is 48.5 Å². The predicted molar refractivity (Wildman–Crippen MR) is 95.2 cm³/mol. The molecule has 2 heteroatoms. The maximum atomic E-state index is 9.00. The average Bonchev–Trinajstić information content (AvgIpc) is 3.13. The predicted octanol–water partition coefficient (Wildman–Crippen LogP) is 4.69. The van der Waals surface area contributed by atoms with E-state index in [1.807, 2.05) is 18.2 Å². The molecule has 0 unspecified atom stereocenters. The molecular formula is C21H24N2. The molecular weight excluding hydrogens is 280 g/mol. The molecule has 1 aliphatic carbocycles. The molecule has 2 nitrogen and oxygen atoms in total. The third kappa shape index (κ3) is 4.43. The monoisotopic (exact) mass is 304 g/mol. The number of hydrogen-bond acceptors (Lipinski definition) is 2. The molecule has 0 saturated heterocycles. The molecule has 23 heavy (non-hydrogen) atoms. The topological polar surface area (TPSA) is 35.8 Å². The van der Waals surface area contributed by atoms with E-state index in [1.165, 1.54) is 43.2 Å². The minimum Gasteiger partial charge on any atom is -0.314 e. The van der Waals surface area contributed by atoms with E-state index >= 15 is 0 Å². The average molecular weight is 304 g/mol. The van der Waals surface area contributed by atoms with Crippen LogP contribution in [0.2, 0.25) is 0 Å². The van der Waals surface area contributed by atoms with Crippen molar-refractivity contribution in [2.24, 2.45) is 0 Å². The Labute approximate surface area is 139 Å². The fraction of sp³-hybridized carbons (Fsp3) is 0.381. The van der Waals surface area contributed by atoms with Gasteiger partial charge in [-0.15, -0.1) is 0 Å². The summed E-state index contributed by atoms with van der Waals surface area (Å²) in [5.74, 6) is 0. The number of nitriles is 1. The van der Waals surface area contributed by atoms with Gasteiger partial charge in [0, 0.05) is 6.04 Å². The van der Waals surface area contributed by atoms with Gasteiger partial charge in [0.05, 0.1) is 11.6 Å². The smallest absolute Gasteiger partial charge is 0.0991 e. The van der Waals surface area contributed by atoms with E-state index in [2.05, 4.69) is 41.7 Å². The molecule has 0 aliphatic heterocycles. The molecule has 1 fully saturated rings. The van der Waals surface area contributed by atoms with Gasteiger partial charge in [0.2, 0.25) is 0 Å². The summed E-state index contributed by atoms with van der Waals surface area (Å²) < 4.78 is 0. The summed E-state index contributed by atoms with van der Waals surface area (Å²) >= 11 is 0. The zero-order valence-electron chi connectivity index (χ0n) is 13.6. The van der Waals surface area contributed by atoms with E-state index in [-0.39, 0.29) is 0 Å². The van der Waals surface area contributed by atoms with Crippen molar-refractivity contribution in [3.8, 4) is 17.2 Å². The molecule has 0 heterocycles. The van der Waals surface area contributed by atoms with Crippen molar-refractivity contribution in [3.05, 3.63) is 59.7 Å². The Kier molecular flexibility index (Phi) is 5.45. The number of rotatable bonds is 6. The van der Waals surface area contributed by atoms with Crippen molar-refractivity contribution in [2.45, 2.75) is 44.6 Å². The molecule has 0 spiro atoms. The van der Waals surface area contributed by atoms with Crippen LogP contribution in [0.3, 0.4) is 0 Å². The van der Waals surface area contributed by atoms with E-state index in [0.29, 0.717) is 5.56 Å². The summed E-state index contributed by atoms with van der Waals surface area (Å²) in [6.07, 6.45) is 7.82. The quantitative estimate of drug-likeness (QED) is 0.786. The molecule has 118 valence electrons. The van der Waals surface area contributed by atoms with Gasteiger partial charge in [-0.25, -0.2) is 0 Å². The van der Waals surface area contributed by atoms with Gasteiger partial charge in [-0.2, -0.15) is 5.26 Å². The summed E-state index contributed by atoms with van der Waals surface area (Å²) in [6.45, 7) is 1.12. The SMILES string of the molecule is N#Cc1cccc(-c2ccc(CCCNC3CCCC3)cc2)c1. The fourth-order valence-electron chi connectivity index (χ4n) is 3.36. The summed E-state index contributed by atoms with van der Waals surface area (Å²) in [7, 11) is 0. The largest absolute Gasteiger partial charge is 0.314 e.